The molecule has 0 saturated carbocycles. The van der Waals surface area contributed by atoms with Crippen LogP contribution in [0.25, 0.3) is 0 Å². The number of pyridine rings is 1. The SMILES string of the molecule is CC1(C)[C@H](C(=O)NO)N(S(=O)(=O)c2ccc(Oc3ccncc3)cc2)CC[S@]1=O. The number of benzene rings is 1. The molecule has 11 heteroatoms. The van der Waals surface area contributed by atoms with Crippen molar-refractivity contribution < 1.29 is 27.4 Å². The quantitative estimate of drug-likeness (QED) is 0.531. The van der Waals surface area contributed by atoms with Crippen molar-refractivity contribution in [2.45, 2.75) is 29.5 Å². The number of carbonyl (C=O) groups excluding carboxylic acids is 1. The van der Waals surface area contributed by atoms with Gasteiger partial charge in [-0.1, -0.05) is 0 Å². The van der Waals surface area contributed by atoms with Gasteiger partial charge in [0.2, 0.25) is 10.0 Å². The fourth-order valence-corrected chi connectivity index (χ4v) is 6.43. The Bertz CT molecular complexity index is 1010. The van der Waals surface area contributed by atoms with Gasteiger partial charge in [0.05, 0.1) is 9.64 Å². The number of hydroxylamine groups is 1. The first-order chi connectivity index (χ1) is 13.7. The Morgan fingerprint density at radius 3 is 2.38 bits per heavy atom. The van der Waals surface area contributed by atoms with Crippen LogP contribution in [0.1, 0.15) is 13.8 Å². The Labute approximate surface area is 171 Å². The van der Waals surface area contributed by atoms with E-state index in [2.05, 4.69) is 4.98 Å². The van der Waals surface area contributed by atoms with Crippen LogP contribution in [0.3, 0.4) is 0 Å². The van der Waals surface area contributed by atoms with Crippen molar-refractivity contribution in [1.29, 1.82) is 0 Å². The van der Waals surface area contributed by atoms with E-state index in [4.69, 9.17) is 9.94 Å². The second-order valence-corrected chi connectivity index (χ2v) is 10.9. The average Bonchev–Trinajstić information content (AvgIpc) is 2.70. The summed E-state index contributed by atoms with van der Waals surface area (Å²) >= 11 is 0. The van der Waals surface area contributed by atoms with Gasteiger partial charge >= 0.3 is 0 Å². The number of ether oxygens (including phenoxy) is 1. The van der Waals surface area contributed by atoms with Crippen LogP contribution in [0.15, 0.2) is 53.7 Å². The molecule has 9 nitrogen and oxygen atoms in total. The lowest BCUT2D eigenvalue weighted by atomic mass is 10.0. The first-order valence-corrected chi connectivity index (χ1v) is 11.5. The monoisotopic (exact) mass is 439 g/mol. The van der Waals surface area contributed by atoms with Gasteiger partial charge in [-0.2, -0.15) is 4.31 Å². The molecule has 29 heavy (non-hydrogen) atoms. The summed E-state index contributed by atoms with van der Waals surface area (Å²) in [5.74, 6) is 0.143. The minimum absolute atomic E-state index is 0.0428. The third kappa shape index (κ3) is 4.17. The number of hydrogen-bond donors (Lipinski definition) is 2. The van der Waals surface area contributed by atoms with E-state index in [1.165, 1.54) is 43.6 Å². The number of carbonyl (C=O) groups is 1. The van der Waals surface area contributed by atoms with E-state index < -0.39 is 37.5 Å². The van der Waals surface area contributed by atoms with Crippen molar-refractivity contribution in [3.8, 4) is 11.5 Å². The smallest absolute Gasteiger partial charge is 0.263 e. The average molecular weight is 440 g/mol. The number of amides is 1. The first-order valence-electron chi connectivity index (χ1n) is 8.70. The number of rotatable bonds is 5. The molecule has 2 heterocycles. The lowest BCUT2D eigenvalue weighted by Gasteiger charge is -2.42. The Hall–Kier alpha value is -2.34. The van der Waals surface area contributed by atoms with Gasteiger partial charge in [0.25, 0.3) is 5.91 Å². The zero-order valence-electron chi connectivity index (χ0n) is 15.8. The molecule has 1 amide bonds. The van der Waals surface area contributed by atoms with E-state index in [1.807, 2.05) is 0 Å². The van der Waals surface area contributed by atoms with Crippen LogP contribution in [-0.4, -0.2) is 56.1 Å². The highest BCUT2D eigenvalue weighted by molar-refractivity contribution is 7.90. The molecule has 2 atom stereocenters. The highest BCUT2D eigenvalue weighted by atomic mass is 32.2. The molecule has 0 radical (unpaired) electrons. The number of nitrogens with zero attached hydrogens (tertiary/aromatic N) is 2. The summed E-state index contributed by atoms with van der Waals surface area (Å²) in [5.41, 5.74) is 1.50. The van der Waals surface area contributed by atoms with E-state index in [0.29, 0.717) is 11.5 Å². The first kappa shape index (κ1) is 21.4. The van der Waals surface area contributed by atoms with Crippen molar-refractivity contribution in [1.82, 2.24) is 14.8 Å². The zero-order chi connectivity index (χ0) is 21.2. The third-order valence-corrected chi connectivity index (χ3v) is 8.53. The minimum atomic E-state index is -4.09. The molecular formula is C18H21N3O6S2. The fraction of sp³-hybridized carbons (Fsp3) is 0.333. The van der Waals surface area contributed by atoms with Gasteiger partial charge in [-0.25, -0.2) is 13.9 Å². The van der Waals surface area contributed by atoms with E-state index in [1.54, 1.807) is 24.5 Å². The van der Waals surface area contributed by atoms with Crippen LogP contribution in [0, 0.1) is 0 Å². The Morgan fingerprint density at radius 2 is 1.79 bits per heavy atom. The minimum Gasteiger partial charge on any atom is -0.457 e. The van der Waals surface area contributed by atoms with E-state index in [-0.39, 0.29) is 17.2 Å². The molecule has 1 aromatic heterocycles. The maximum Gasteiger partial charge on any atom is 0.263 e. The van der Waals surface area contributed by atoms with Gasteiger partial charge in [0.15, 0.2) is 0 Å². The summed E-state index contributed by atoms with van der Waals surface area (Å²) < 4.78 is 44.2. The largest absolute Gasteiger partial charge is 0.457 e. The topological polar surface area (TPSA) is 126 Å². The predicted molar refractivity (Wildman–Crippen MR) is 105 cm³/mol. The van der Waals surface area contributed by atoms with Gasteiger partial charge in [-0.15, -0.1) is 0 Å². The molecule has 0 bridgehead atoms. The van der Waals surface area contributed by atoms with Crippen molar-refractivity contribution in [3.05, 3.63) is 48.8 Å². The zero-order valence-corrected chi connectivity index (χ0v) is 17.4. The summed E-state index contributed by atoms with van der Waals surface area (Å²) in [6.45, 7) is 2.97. The van der Waals surface area contributed by atoms with Crippen LogP contribution >= 0.6 is 0 Å². The number of hydrogen-bond acceptors (Lipinski definition) is 7. The Morgan fingerprint density at radius 1 is 1.21 bits per heavy atom. The number of nitrogens with one attached hydrogen (secondary N) is 1. The van der Waals surface area contributed by atoms with Crippen molar-refractivity contribution >= 4 is 26.7 Å². The van der Waals surface area contributed by atoms with Gasteiger partial charge < -0.3 is 4.74 Å². The Kier molecular flexibility index (Phi) is 6.03. The van der Waals surface area contributed by atoms with Gasteiger partial charge in [0, 0.05) is 35.5 Å². The van der Waals surface area contributed by atoms with Crippen LogP contribution in [0.2, 0.25) is 0 Å². The number of sulfonamides is 1. The van der Waals surface area contributed by atoms with Crippen LogP contribution in [-0.2, 0) is 25.6 Å². The molecule has 1 aromatic carbocycles. The molecular weight excluding hydrogens is 418 g/mol. The molecule has 2 aromatic rings. The molecule has 1 fully saturated rings. The molecule has 0 unspecified atom stereocenters. The normalized spacial score (nSPS) is 22.0. The lowest BCUT2D eigenvalue weighted by molar-refractivity contribution is -0.134. The molecule has 1 aliphatic heterocycles. The maximum atomic E-state index is 13.2. The van der Waals surface area contributed by atoms with Crippen molar-refractivity contribution in [3.63, 3.8) is 0 Å². The summed E-state index contributed by atoms with van der Waals surface area (Å²) in [7, 11) is -5.53. The van der Waals surface area contributed by atoms with Gasteiger partial charge in [-0.05, 0) is 50.2 Å². The second kappa shape index (κ2) is 8.19. The van der Waals surface area contributed by atoms with Crippen LogP contribution < -0.4 is 10.2 Å². The van der Waals surface area contributed by atoms with Crippen LogP contribution in [0.4, 0.5) is 0 Å². The highest BCUT2D eigenvalue weighted by Gasteiger charge is 2.51. The summed E-state index contributed by atoms with van der Waals surface area (Å²) in [6.07, 6.45) is 3.14. The van der Waals surface area contributed by atoms with E-state index in [0.717, 1.165) is 4.31 Å². The van der Waals surface area contributed by atoms with E-state index >= 15 is 0 Å². The van der Waals surface area contributed by atoms with Gasteiger partial charge in [-0.3, -0.25) is 19.2 Å². The molecule has 0 aliphatic carbocycles. The van der Waals surface area contributed by atoms with Gasteiger partial charge in [0.1, 0.15) is 17.5 Å². The predicted octanol–water partition coefficient (Wildman–Crippen LogP) is 1.28. The Balaban J connectivity index is 1.90. The fourth-order valence-electron chi connectivity index (χ4n) is 3.16. The summed E-state index contributed by atoms with van der Waals surface area (Å²) in [5, 5.41) is 9.10. The molecule has 156 valence electrons. The second-order valence-electron chi connectivity index (χ2n) is 6.90. The molecule has 2 N–H and O–H groups in total. The summed E-state index contributed by atoms with van der Waals surface area (Å²) in [4.78, 5) is 16.1. The van der Waals surface area contributed by atoms with E-state index in [9.17, 15) is 17.4 Å². The van der Waals surface area contributed by atoms with Crippen LogP contribution in [0.5, 0.6) is 11.5 Å². The lowest BCUT2D eigenvalue weighted by Crippen LogP contribution is -2.64. The standard InChI is InChI=1S/C18H21N3O6S2/c1-18(2)16(17(22)20-23)21(11-12-28(18)24)29(25,26)15-5-3-13(4-6-15)27-14-7-9-19-10-8-14/h3-10,16,23H,11-12H2,1-2H3,(H,20,22)/t16-,28+/m0/s1. The summed E-state index contributed by atoms with van der Waals surface area (Å²) in [6, 6.07) is 7.76. The highest BCUT2D eigenvalue weighted by Crippen LogP contribution is 2.33. The molecule has 3 rings (SSSR count). The maximum absolute atomic E-state index is 13.2. The molecule has 1 saturated heterocycles. The third-order valence-electron chi connectivity index (χ3n) is 4.70. The molecule has 0 spiro atoms. The molecule has 1 aliphatic rings. The van der Waals surface area contributed by atoms with Crippen molar-refractivity contribution in [2.75, 3.05) is 12.3 Å². The number of aromatic nitrogens is 1. The van der Waals surface area contributed by atoms with Crippen molar-refractivity contribution in [2.24, 2.45) is 0 Å².